The first-order chi connectivity index (χ1) is 13.8. The molecule has 7 nitrogen and oxygen atoms in total. The van der Waals surface area contributed by atoms with Crippen LogP contribution in [0.2, 0.25) is 0 Å². The maximum Gasteiger partial charge on any atom is 0.328 e. The smallest absolute Gasteiger partial charge is 0.328 e. The molecule has 0 aliphatic carbocycles. The number of Topliss-reactive ketones (excluding diaryl/α,β-unsaturated/α-hetero) is 1. The Morgan fingerprint density at radius 2 is 1.90 bits per heavy atom. The molecule has 0 spiro atoms. The summed E-state index contributed by atoms with van der Waals surface area (Å²) in [4.78, 5) is 48.1. The van der Waals surface area contributed by atoms with Crippen LogP contribution in [0.25, 0.3) is 0 Å². The lowest BCUT2D eigenvalue weighted by Gasteiger charge is -2.17. The minimum Gasteiger partial charge on any atom is -0.456 e. The summed E-state index contributed by atoms with van der Waals surface area (Å²) in [5, 5.41) is 5.32. The van der Waals surface area contributed by atoms with Gasteiger partial charge in [-0.15, -0.1) is 0 Å². The molecule has 1 aliphatic heterocycles. The lowest BCUT2D eigenvalue weighted by Crippen LogP contribution is -2.40. The van der Waals surface area contributed by atoms with Gasteiger partial charge < -0.3 is 15.4 Å². The van der Waals surface area contributed by atoms with E-state index in [1.54, 1.807) is 36.4 Å². The highest BCUT2D eigenvalue weighted by Crippen LogP contribution is 2.23. The maximum atomic E-state index is 12.4. The Morgan fingerprint density at radius 1 is 1.10 bits per heavy atom. The predicted molar refractivity (Wildman–Crippen MR) is 107 cm³/mol. The van der Waals surface area contributed by atoms with Gasteiger partial charge in [-0.05, 0) is 56.2 Å². The number of esters is 1. The van der Waals surface area contributed by atoms with Gasteiger partial charge in [0.1, 0.15) is 6.04 Å². The number of nitrogens with one attached hydrogen (secondary N) is 2. The highest BCUT2D eigenvalue weighted by molar-refractivity contribution is 6.01. The molecule has 2 aromatic carbocycles. The summed E-state index contributed by atoms with van der Waals surface area (Å²) in [7, 11) is 0. The van der Waals surface area contributed by atoms with Crippen LogP contribution in [0.5, 0.6) is 0 Å². The van der Waals surface area contributed by atoms with Crippen LogP contribution in [0.4, 0.5) is 5.69 Å². The van der Waals surface area contributed by atoms with Crippen molar-refractivity contribution in [1.29, 1.82) is 0 Å². The van der Waals surface area contributed by atoms with Gasteiger partial charge in [-0.2, -0.15) is 0 Å². The van der Waals surface area contributed by atoms with Crippen LogP contribution in [0.3, 0.4) is 0 Å². The van der Waals surface area contributed by atoms with Gasteiger partial charge in [0.25, 0.3) is 5.91 Å². The fourth-order valence-corrected chi connectivity index (χ4v) is 3.03. The second-order valence-electron chi connectivity index (χ2n) is 7.02. The Bertz CT molecular complexity index is 983. The molecule has 3 rings (SSSR count). The highest BCUT2D eigenvalue weighted by atomic mass is 16.5. The van der Waals surface area contributed by atoms with Crippen molar-refractivity contribution in [3.05, 3.63) is 64.7 Å². The average Bonchev–Trinajstić information content (AvgIpc) is 2.71. The summed E-state index contributed by atoms with van der Waals surface area (Å²) >= 11 is 0. The van der Waals surface area contributed by atoms with E-state index in [4.69, 9.17) is 4.74 Å². The second-order valence-corrected chi connectivity index (χ2v) is 7.02. The molecule has 0 bridgehead atoms. The van der Waals surface area contributed by atoms with Crippen molar-refractivity contribution < 1.29 is 23.9 Å². The van der Waals surface area contributed by atoms with Gasteiger partial charge in [0.05, 0.1) is 0 Å². The molecule has 0 radical (unpaired) electrons. The van der Waals surface area contributed by atoms with Crippen molar-refractivity contribution in [3.63, 3.8) is 0 Å². The Kier molecular flexibility index (Phi) is 6.07. The van der Waals surface area contributed by atoms with E-state index in [1.165, 1.54) is 6.92 Å². The number of ketones is 1. The van der Waals surface area contributed by atoms with Gasteiger partial charge in [0.2, 0.25) is 5.91 Å². The lowest BCUT2D eigenvalue weighted by molar-refractivity contribution is -0.144. The van der Waals surface area contributed by atoms with Crippen LogP contribution in [-0.2, 0) is 20.7 Å². The molecule has 0 fully saturated rings. The summed E-state index contributed by atoms with van der Waals surface area (Å²) in [5.74, 6) is -1.48. The Hall–Kier alpha value is -3.48. The van der Waals surface area contributed by atoms with E-state index in [1.807, 2.05) is 13.0 Å². The van der Waals surface area contributed by atoms with E-state index < -0.39 is 18.6 Å². The van der Waals surface area contributed by atoms with Crippen LogP contribution in [0, 0.1) is 6.92 Å². The molecule has 1 heterocycles. The Balaban J connectivity index is 1.54. The van der Waals surface area contributed by atoms with Crippen molar-refractivity contribution in [2.45, 2.75) is 32.7 Å². The van der Waals surface area contributed by atoms with Gasteiger partial charge in [-0.3, -0.25) is 14.4 Å². The average molecular weight is 394 g/mol. The number of benzene rings is 2. The van der Waals surface area contributed by atoms with Crippen LogP contribution >= 0.6 is 0 Å². The normalized spacial score (nSPS) is 13.7. The van der Waals surface area contributed by atoms with E-state index in [-0.39, 0.29) is 17.6 Å². The molecule has 1 aliphatic rings. The Morgan fingerprint density at radius 3 is 2.66 bits per heavy atom. The largest absolute Gasteiger partial charge is 0.456 e. The van der Waals surface area contributed by atoms with E-state index >= 15 is 0 Å². The zero-order chi connectivity index (χ0) is 21.0. The van der Waals surface area contributed by atoms with Gasteiger partial charge in [-0.25, -0.2) is 4.79 Å². The molecule has 0 aromatic heterocycles. The topological polar surface area (TPSA) is 102 Å². The summed E-state index contributed by atoms with van der Waals surface area (Å²) in [6, 6.07) is 11.1. The van der Waals surface area contributed by atoms with Gasteiger partial charge >= 0.3 is 5.97 Å². The molecule has 0 saturated carbocycles. The van der Waals surface area contributed by atoms with Gasteiger partial charge in [-0.1, -0.05) is 17.7 Å². The van der Waals surface area contributed by atoms with E-state index in [2.05, 4.69) is 10.6 Å². The number of aryl methyl sites for hydroxylation is 2. The molecule has 7 heteroatoms. The number of rotatable bonds is 6. The lowest BCUT2D eigenvalue weighted by atomic mass is 9.99. The third-order valence-corrected chi connectivity index (χ3v) is 4.65. The van der Waals surface area contributed by atoms with E-state index in [0.29, 0.717) is 29.7 Å². The SMILES string of the molecule is Cc1cccc(C(=O)N[C@H](C)C(=O)OCC(=O)c2ccc3c(c2)CCC(=O)N3)c1. The van der Waals surface area contributed by atoms with Crippen LogP contribution in [0.1, 0.15) is 45.2 Å². The minimum absolute atomic E-state index is 0.0489. The molecule has 29 heavy (non-hydrogen) atoms. The monoisotopic (exact) mass is 394 g/mol. The summed E-state index contributed by atoms with van der Waals surface area (Å²) in [6.07, 6.45) is 0.932. The van der Waals surface area contributed by atoms with Crippen molar-refractivity contribution in [3.8, 4) is 0 Å². The van der Waals surface area contributed by atoms with Crippen molar-refractivity contribution in [2.24, 2.45) is 0 Å². The van der Waals surface area contributed by atoms with Crippen LogP contribution < -0.4 is 10.6 Å². The predicted octanol–water partition coefficient (Wildman–Crippen LogP) is 2.42. The molecular weight excluding hydrogens is 372 g/mol. The molecule has 0 unspecified atom stereocenters. The van der Waals surface area contributed by atoms with Gasteiger partial charge in [0, 0.05) is 23.2 Å². The standard InChI is InChI=1S/C22H22N2O5/c1-13-4-3-5-17(10-13)21(27)23-14(2)22(28)29-12-19(25)16-6-8-18-15(11-16)7-9-20(26)24-18/h3-6,8,10-11,14H,7,9,12H2,1-2H3,(H,23,27)(H,24,26)/t14-/m1/s1. The third kappa shape index (κ3) is 5.07. The van der Waals surface area contributed by atoms with E-state index in [9.17, 15) is 19.2 Å². The van der Waals surface area contributed by atoms with Crippen molar-refractivity contribution >= 4 is 29.3 Å². The molecule has 2 N–H and O–H groups in total. The summed E-state index contributed by atoms with van der Waals surface area (Å²) in [6.45, 7) is 2.95. The fraction of sp³-hybridized carbons (Fsp3) is 0.273. The first-order valence-corrected chi connectivity index (χ1v) is 9.33. The first-order valence-electron chi connectivity index (χ1n) is 9.33. The van der Waals surface area contributed by atoms with Crippen molar-refractivity contribution in [1.82, 2.24) is 5.32 Å². The van der Waals surface area contributed by atoms with Crippen LogP contribution in [-0.4, -0.2) is 36.2 Å². The van der Waals surface area contributed by atoms with Gasteiger partial charge in [0.15, 0.2) is 12.4 Å². The number of carbonyl (C=O) groups is 4. The molecular formula is C22H22N2O5. The first kappa shape index (κ1) is 20.3. The molecule has 2 aromatic rings. The Labute approximate surface area is 168 Å². The minimum atomic E-state index is -0.894. The van der Waals surface area contributed by atoms with E-state index in [0.717, 1.165) is 11.1 Å². The summed E-state index contributed by atoms with van der Waals surface area (Å²) < 4.78 is 5.07. The number of amides is 2. The number of fused-ring (bicyclic) bond motifs is 1. The van der Waals surface area contributed by atoms with Crippen LogP contribution in [0.15, 0.2) is 42.5 Å². The zero-order valence-electron chi connectivity index (χ0n) is 16.3. The maximum absolute atomic E-state index is 12.4. The third-order valence-electron chi connectivity index (χ3n) is 4.65. The number of anilines is 1. The molecule has 2 amide bonds. The number of carbonyl (C=O) groups excluding carboxylic acids is 4. The quantitative estimate of drug-likeness (QED) is 0.579. The second kappa shape index (κ2) is 8.68. The highest BCUT2D eigenvalue weighted by Gasteiger charge is 2.21. The molecule has 1 atom stereocenters. The molecule has 150 valence electrons. The number of hydrogen-bond donors (Lipinski definition) is 2. The van der Waals surface area contributed by atoms with Crippen molar-refractivity contribution in [2.75, 3.05) is 11.9 Å². The molecule has 0 saturated heterocycles. The summed E-state index contributed by atoms with van der Waals surface area (Å²) in [5.41, 5.74) is 3.36. The number of hydrogen-bond acceptors (Lipinski definition) is 5. The fourth-order valence-electron chi connectivity index (χ4n) is 3.03. The number of ether oxygens (including phenoxy) is 1. The zero-order valence-corrected chi connectivity index (χ0v) is 16.3.